The Balaban J connectivity index is 3.73. The summed E-state index contributed by atoms with van der Waals surface area (Å²) in [5.74, 6) is -0.675. The number of esters is 2. The summed E-state index contributed by atoms with van der Waals surface area (Å²) in [5.41, 5.74) is 0. The van der Waals surface area contributed by atoms with Crippen LogP contribution >= 0.6 is 0 Å². The minimum Gasteiger partial charge on any atom is -0.462 e. The highest BCUT2D eigenvalue weighted by Gasteiger charge is 2.16. The number of rotatable bonds is 31. The fraction of sp³-hybridized carbons (Fsp3) is 0.610. The van der Waals surface area contributed by atoms with Crippen molar-refractivity contribution in [2.75, 3.05) is 13.2 Å². The summed E-state index contributed by atoms with van der Waals surface area (Å²) in [6.07, 6.45) is 49.2. The zero-order valence-corrected chi connectivity index (χ0v) is 29.3. The van der Waals surface area contributed by atoms with Crippen molar-refractivity contribution in [2.45, 2.75) is 148 Å². The monoisotopic (exact) mass is 638 g/mol. The molecule has 46 heavy (non-hydrogen) atoms. The van der Waals surface area contributed by atoms with E-state index >= 15 is 0 Å². The van der Waals surface area contributed by atoms with Gasteiger partial charge in [0.1, 0.15) is 6.61 Å². The van der Waals surface area contributed by atoms with E-state index in [2.05, 4.69) is 98.9 Å². The Labute approximate surface area is 282 Å². The van der Waals surface area contributed by atoms with Crippen LogP contribution in [0, 0.1) is 0 Å². The molecule has 0 fully saturated rings. The molecule has 0 aliphatic rings. The SMILES string of the molecule is CCC=CCC=CCC=CCC=CCCCCC(=O)OCC(CO)OC(=O)CCCCCCC=CCC=CCC=CCCCCC. The normalized spacial score (nSPS) is 13.2. The maximum Gasteiger partial charge on any atom is 0.306 e. The van der Waals surface area contributed by atoms with E-state index in [1.54, 1.807) is 0 Å². The minimum absolute atomic E-state index is 0.102. The molecule has 0 saturated carbocycles. The van der Waals surface area contributed by atoms with Gasteiger partial charge in [-0.25, -0.2) is 0 Å². The third-order valence-electron chi connectivity index (χ3n) is 7.17. The summed E-state index contributed by atoms with van der Waals surface area (Å²) in [4.78, 5) is 24.2. The molecule has 0 aromatic carbocycles. The molecule has 260 valence electrons. The second-order valence-corrected chi connectivity index (χ2v) is 11.6. The van der Waals surface area contributed by atoms with Crippen LogP contribution in [-0.2, 0) is 19.1 Å². The van der Waals surface area contributed by atoms with Crippen molar-refractivity contribution in [1.82, 2.24) is 0 Å². The zero-order valence-electron chi connectivity index (χ0n) is 29.3. The second-order valence-electron chi connectivity index (χ2n) is 11.6. The summed E-state index contributed by atoms with van der Waals surface area (Å²) in [6.45, 7) is 3.91. The lowest BCUT2D eigenvalue weighted by Crippen LogP contribution is -2.28. The van der Waals surface area contributed by atoms with Crippen LogP contribution in [0.25, 0.3) is 0 Å². The van der Waals surface area contributed by atoms with Crippen molar-refractivity contribution in [3.05, 3.63) is 85.1 Å². The molecule has 0 heterocycles. The van der Waals surface area contributed by atoms with Gasteiger partial charge in [0, 0.05) is 12.8 Å². The molecular weight excluding hydrogens is 572 g/mol. The molecule has 0 aliphatic carbocycles. The standard InChI is InChI=1S/C41H66O5/c1-3-5-7-9-11-13-15-17-19-20-22-24-26-28-30-32-34-36-41(44)46-39(37-42)38-45-40(43)35-33-31-29-27-25-23-21-18-16-14-12-10-8-6-4-2/h6,8,11-14,17-19,21-22,24-25,27,39,42H,3-5,7,9-10,15-16,20,23,26,28-38H2,1-2H3. The molecule has 0 rings (SSSR count). The van der Waals surface area contributed by atoms with Crippen molar-refractivity contribution >= 4 is 11.9 Å². The second kappa shape index (κ2) is 36.5. The van der Waals surface area contributed by atoms with E-state index in [9.17, 15) is 14.7 Å². The number of allylic oxidation sites excluding steroid dienone is 14. The largest absolute Gasteiger partial charge is 0.462 e. The van der Waals surface area contributed by atoms with Gasteiger partial charge in [0.2, 0.25) is 0 Å². The molecule has 0 spiro atoms. The van der Waals surface area contributed by atoms with E-state index in [-0.39, 0.29) is 25.2 Å². The lowest BCUT2D eigenvalue weighted by Gasteiger charge is -2.15. The molecule has 0 aromatic heterocycles. The van der Waals surface area contributed by atoms with Gasteiger partial charge in [-0.2, -0.15) is 0 Å². The van der Waals surface area contributed by atoms with Crippen LogP contribution in [0.4, 0.5) is 0 Å². The maximum absolute atomic E-state index is 12.1. The predicted molar refractivity (Wildman–Crippen MR) is 196 cm³/mol. The van der Waals surface area contributed by atoms with E-state index in [0.29, 0.717) is 12.8 Å². The highest BCUT2D eigenvalue weighted by atomic mass is 16.6. The first-order valence-electron chi connectivity index (χ1n) is 18.1. The van der Waals surface area contributed by atoms with Crippen molar-refractivity contribution in [2.24, 2.45) is 0 Å². The van der Waals surface area contributed by atoms with Crippen LogP contribution in [0.1, 0.15) is 142 Å². The Morgan fingerprint density at radius 3 is 1.43 bits per heavy atom. The van der Waals surface area contributed by atoms with Gasteiger partial charge < -0.3 is 14.6 Å². The lowest BCUT2D eigenvalue weighted by atomic mass is 10.1. The number of carbonyl (C=O) groups is 2. The van der Waals surface area contributed by atoms with E-state index < -0.39 is 6.10 Å². The first kappa shape index (κ1) is 43.1. The van der Waals surface area contributed by atoms with E-state index in [1.807, 2.05) is 0 Å². The summed E-state index contributed by atoms with van der Waals surface area (Å²) >= 11 is 0. The van der Waals surface area contributed by atoms with Gasteiger partial charge in [-0.3, -0.25) is 9.59 Å². The highest BCUT2D eigenvalue weighted by Crippen LogP contribution is 2.09. The average Bonchev–Trinajstić information content (AvgIpc) is 3.06. The summed E-state index contributed by atoms with van der Waals surface area (Å²) in [6, 6.07) is 0. The number of aliphatic hydroxyl groups is 1. The number of aliphatic hydroxyl groups excluding tert-OH is 1. The smallest absolute Gasteiger partial charge is 0.306 e. The van der Waals surface area contributed by atoms with E-state index in [0.717, 1.165) is 89.9 Å². The van der Waals surface area contributed by atoms with Crippen LogP contribution in [0.2, 0.25) is 0 Å². The first-order chi connectivity index (χ1) is 22.6. The Kier molecular flexibility index (Phi) is 34.2. The number of unbranched alkanes of at least 4 members (excludes halogenated alkanes) is 9. The summed E-state index contributed by atoms with van der Waals surface area (Å²) in [7, 11) is 0. The number of ether oxygens (including phenoxy) is 2. The molecule has 0 radical (unpaired) electrons. The van der Waals surface area contributed by atoms with Gasteiger partial charge in [0.25, 0.3) is 0 Å². The molecule has 0 aromatic rings. The highest BCUT2D eigenvalue weighted by molar-refractivity contribution is 5.70. The van der Waals surface area contributed by atoms with Gasteiger partial charge in [-0.1, -0.05) is 125 Å². The Morgan fingerprint density at radius 2 is 0.935 bits per heavy atom. The van der Waals surface area contributed by atoms with Gasteiger partial charge in [0.15, 0.2) is 6.10 Å². The minimum atomic E-state index is -0.804. The van der Waals surface area contributed by atoms with Crippen LogP contribution < -0.4 is 0 Å². The van der Waals surface area contributed by atoms with Crippen molar-refractivity contribution < 1.29 is 24.2 Å². The fourth-order valence-corrected chi connectivity index (χ4v) is 4.43. The molecule has 5 nitrogen and oxygen atoms in total. The van der Waals surface area contributed by atoms with Crippen molar-refractivity contribution in [3.8, 4) is 0 Å². The molecular formula is C41H66O5. The molecule has 0 saturated heterocycles. The topological polar surface area (TPSA) is 72.8 Å². The third kappa shape index (κ3) is 34.0. The maximum atomic E-state index is 12.1. The number of hydrogen-bond acceptors (Lipinski definition) is 5. The van der Waals surface area contributed by atoms with E-state index in [1.165, 1.54) is 25.7 Å². The van der Waals surface area contributed by atoms with Gasteiger partial charge in [-0.15, -0.1) is 0 Å². The van der Waals surface area contributed by atoms with Gasteiger partial charge >= 0.3 is 11.9 Å². The zero-order chi connectivity index (χ0) is 33.6. The molecule has 1 unspecified atom stereocenters. The molecule has 0 bridgehead atoms. The Bertz CT molecular complexity index is 906. The predicted octanol–water partition coefficient (Wildman–Crippen LogP) is 11.2. The molecule has 1 atom stereocenters. The number of carbonyl (C=O) groups excluding carboxylic acids is 2. The molecule has 0 aliphatic heterocycles. The van der Waals surface area contributed by atoms with Crippen LogP contribution in [0.3, 0.4) is 0 Å². The molecule has 1 N–H and O–H groups in total. The van der Waals surface area contributed by atoms with E-state index in [4.69, 9.17) is 9.47 Å². The average molecular weight is 639 g/mol. The van der Waals surface area contributed by atoms with Crippen molar-refractivity contribution in [1.29, 1.82) is 0 Å². The third-order valence-corrected chi connectivity index (χ3v) is 7.17. The quantitative estimate of drug-likeness (QED) is 0.0465. The van der Waals surface area contributed by atoms with Gasteiger partial charge in [-0.05, 0) is 89.9 Å². The van der Waals surface area contributed by atoms with Crippen molar-refractivity contribution in [3.63, 3.8) is 0 Å². The van der Waals surface area contributed by atoms with Crippen LogP contribution in [-0.4, -0.2) is 36.4 Å². The van der Waals surface area contributed by atoms with Crippen LogP contribution in [0.15, 0.2) is 85.1 Å². The number of hydrogen-bond donors (Lipinski definition) is 1. The summed E-state index contributed by atoms with van der Waals surface area (Å²) < 4.78 is 10.5. The fourth-order valence-electron chi connectivity index (χ4n) is 4.43. The first-order valence-corrected chi connectivity index (χ1v) is 18.1. The molecule has 0 amide bonds. The Morgan fingerprint density at radius 1 is 0.522 bits per heavy atom. The van der Waals surface area contributed by atoms with Gasteiger partial charge in [0.05, 0.1) is 6.61 Å². The Hall–Kier alpha value is -2.92. The lowest BCUT2D eigenvalue weighted by molar-refractivity contribution is -0.161. The summed E-state index contributed by atoms with van der Waals surface area (Å²) in [5, 5.41) is 9.52. The van der Waals surface area contributed by atoms with Crippen LogP contribution in [0.5, 0.6) is 0 Å². The molecule has 5 heteroatoms.